The molecule has 52 heavy (non-hydrogen) atoms. The fraction of sp³-hybridized carbons (Fsp3) is 0. The number of furan rings is 1. The first-order valence-electron chi connectivity index (χ1n) is 17.4. The van der Waals surface area contributed by atoms with Crippen LogP contribution in [0.25, 0.3) is 109 Å². The molecule has 0 aliphatic heterocycles. The highest BCUT2D eigenvalue weighted by molar-refractivity contribution is 7.26. The number of thiophene rings is 1. The molecule has 4 nitrogen and oxygen atoms in total. The summed E-state index contributed by atoms with van der Waals surface area (Å²) < 4.78 is 8.85. The summed E-state index contributed by atoms with van der Waals surface area (Å²) in [4.78, 5) is 15.5. The molecule has 0 unspecified atom stereocenters. The average Bonchev–Trinajstić information content (AvgIpc) is 3.80. The van der Waals surface area contributed by atoms with E-state index in [0.29, 0.717) is 17.5 Å². The number of aromatic nitrogens is 3. The van der Waals surface area contributed by atoms with Gasteiger partial charge in [0.15, 0.2) is 17.5 Å². The SMILES string of the molecule is c1ccc(-c2nc(-c3cccc4c(-c5cccc6c5sc5ccc7ccccc7c56)cccc34)nc(-c3cccc4oc5ccccc5c34)n2)cc1. The highest BCUT2D eigenvalue weighted by Gasteiger charge is 2.20. The largest absolute Gasteiger partial charge is 0.456 e. The molecule has 0 spiro atoms. The van der Waals surface area contributed by atoms with Gasteiger partial charge >= 0.3 is 0 Å². The average molecular weight is 682 g/mol. The Morgan fingerprint density at radius 1 is 0.365 bits per heavy atom. The number of benzene rings is 8. The minimum Gasteiger partial charge on any atom is -0.456 e. The zero-order valence-electron chi connectivity index (χ0n) is 27.7. The van der Waals surface area contributed by atoms with E-state index in [1.165, 1.54) is 42.1 Å². The molecule has 0 amide bonds. The molecule has 0 fully saturated rings. The first-order valence-corrected chi connectivity index (χ1v) is 18.2. The molecule has 0 N–H and O–H groups in total. The molecule has 8 aromatic carbocycles. The van der Waals surface area contributed by atoms with Gasteiger partial charge in [-0.3, -0.25) is 0 Å². The van der Waals surface area contributed by atoms with Gasteiger partial charge in [0.05, 0.1) is 0 Å². The first kappa shape index (κ1) is 29.1. The van der Waals surface area contributed by atoms with Crippen molar-refractivity contribution in [2.45, 2.75) is 0 Å². The normalized spacial score (nSPS) is 11.8. The number of hydrogen-bond donors (Lipinski definition) is 0. The van der Waals surface area contributed by atoms with Crippen LogP contribution in [0, 0.1) is 0 Å². The van der Waals surface area contributed by atoms with E-state index in [-0.39, 0.29) is 0 Å². The lowest BCUT2D eigenvalue weighted by Gasteiger charge is -2.13. The quantitative estimate of drug-likeness (QED) is 0.185. The van der Waals surface area contributed by atoms with Crippen LogP contribution in [0.1, 0.15) is 0 Å². The van der Waals surface area contributed by atoms with Crippen LogP contribution in [0.15, 0.2) is 168 Å². The minimum absolute atomic E-state index is 0.608. The van der Waals surface area contributed by atoms with Crippen molar-refractivity contribution in [1.29, 1.82) is 0 Å². The van der Waals surface area contributed by atoms with Crippen molar-refractivity contribution in [2.75, 3.05) is 0 Å². The molecule has 3 heterocycles. The Kier molecular flexibility index (Phi) is 6.39. The number of hydrogen-bond acceptors (Lipinski definition) is 5. The highest BCUT2D eigenvalue weighted by Crippen LogP contribution is 2.45. The van der Waals surface area contributed by atoms with Gasteiger partial charge < -0.3 is 4.42 Å². The molecule has 0 atom stereocenters. The van der Waals surface area contributed by atoms with Crippen LogP contribution in [0.4, 0.5) is 0 Å². The molecule has 0 aliphatic rings. The van der Waals surface area contributed by atoms with Gasteiger partial charge in [0, 0.05) is 53.2 Å². The second-order valence-electron chi connectivity index (χ2n) is 13.1. The summed E-state index contributed by atoms with van der Waals surface area (Å²) in [6.07, 6.45) is 0. The Balaban J connectivity index is 1.15. The van der Waals surface area contributed by atoms with Gasteiger partial charge in [0.2, 0.25) is 0 Å². The molecule has 0 saturated carbocycles. The molecule has 0 radical (unpaired) electrons. The van der Waals surface area contributed by atoms with Crippen LogP contribution in [-0.2, 0) is 0 Å². The molecule has 3 aromatic heterocycles. The highest BCUT2D eigenvalue weighted by atomic mass is 32.1. The van der Waals surface area contributed by atoms with Gasteiger partial charge in [0.1, 0.15) is 11.2 Å². The van der Waals surface area contributed by atoms with E-state index in [4.69, 9.17) is 19.4 Å². The summed E-state index contributed by atoms with van der Waals surface area (Å²) in [7, 11) is 0. The van der Waals surface area contributed by atoms with Crippen LogP contribution in [0.5, 0.6) is 0 Å². The van der Waals surface area contributed by atoms with Crippen molar-refractivity contribution < 1.29 is 4.42 Å². The molecule has 5 heteroatoms. The fourth-order valence-electron chi connectivity index (χ4n) is 7.81. The molecular weight excluding hydrogens is 655 g/mol. The van der Waals surface area contributed by atoms with Crippen molar-refractivity contribution in [2.24, 2.45) is 0 Å². The Morgan fingerprint density at radius 3 is 1.83 bits per heavy atom. The molecule has 0 saturated heterocycles. The van der Waals surface area contributed by atoms with E-state index >= 15 is 0 Å². The Bertz CT molecular complexity index is 3200. The maximum Gasteiger partial charge on any atom is 0.164 e. The van der Waals surface area contributed by atoms with Gasteiger partial charge in [-0.25, -0.2) is 15.0 Å². The minimum atomic E-state index is 0.608. The third-order valence-electron chi connectivity index (χ3n) is 10.2. The lowest BCUT2D eigenvalue weighted by Crippen LogP contribution is -2.01. The predicted molar refractivity (Wildman–Crippen MR) is 217 cm³/mol. The molecule has 11 rings (SSSR count). The summed E-state index contributed by atoms with van der Waals surface area (Å²) in [6.45, 7) is 0. The molecule has 0 aliphatic carbocycles. The summed E-state index contributed by atoms with van der Waals surface area (Å²) in [5.74, 6) is 1.86. The van der Waals surface area contributed by atoms with Gasteiger partial charge in [-0.05, 0) is 45.3 Å². The van der Waals surface area contributed by atoms with E-state index < -0.39 is 0 Å². The summed E-state index contributed by atoms with van der Waals surface area (Å²) in [5.41, 5.74) is 6.86. The molecular formula is C47H27N3OS. The third kappa shape index (κ3) is 4.43. The lowest BCUT2D eigenvalue weighted by atomic mass is 9.94. The van der Waals surface area contributed by atoms with Gasteiger partial charge in [-0.1, -0.05) is 146 Å². The van der Waals surface area contributed by atoms with Crippen molar-refractivity contribution in [3.05, 3.63) is 164 Å². The van der Waals surface area contributed by atoms with E-state index in [1.807, 2.05) is 72.0 Å². The van der Waals surface area contributed by atoms with Gasteiger partial charge in [-0.15, -0.1) is 11.3 Å². The third-order valence-corrected chi connectivity index (χ3v) is 11.4. The van der Waals surface area contributed by atoms with Crippen molar-refractivity contribution in [3.8, 4) is 45.3 Å². The van der Waals surface area contributed by atoms with E-state index in [1.54, 1.807) is 0 Å². The van der Waals surface area contributed by atoms with Crippen LogP contribution < -0.4 is 0 Å². The number of fused-ring (bicyclic) bond motifs is 9. The maximum absolute atomic E-state index is 6.26. The first-order chi connectivity index (χ1) is 25.8. The van der Waals surface area contributed by atoms with Crippen molar-refractivity contribution in [1.82, 2.24) is 15.0 Å². The zero-order valence-corrected chi connectivity index (χ0v) is 28.6. The monoisotopic (exact) mass is 681 g/mol. The van der Waals surface area contributed by atoms with E-state index in [2.05, 4.69) is 103 Å². The Labute approximate surface area is 302 Å². The lowest BCUT2D eigenvalue weighted by molar-refractivity contribution is 0.669. The van der Waals surface area contributed by atoms with Gasteiger partial charge in [0.25, 0.3) is 0 Å². The second kappa shape index (κ2) is 11.4. The summed E-state index contributed by atoms with van der Waals surface area (Å²) in [5, 5.41) is 9.45. The predicted octanol–water partition coefficient (Wildman–Crippen LogP) is 13.1. The Hall–Kier alpha value is -6.69. The molecule has 0 bridgehead atoms. The summed E-state index contributed by atoms with van der Waals surface area (Å²) in [6, 6.07) is 57.3. The zero-order chi connectivity index (χ0) is 34.2. The topological polar surface area (TPSA) is 51.8 Å². The fourth-order valence-corrected chi connectivity index (χ4v) is 9.06. The van der Waals surface area contributed by atoms with E-state index in [9.17, 15) is 0 Å². The summed E-state index contributed by atoms with van der Waals surface area (Å²) >= 11 is 1.87. The van der Waals surface area contributed by atoms with Crippen molar-refractivity contribution >= 4 is 75.0 Å². The Morgan fingerprint density at radius 2 is 0.962 bits per heavy atom. The number of nitrogens with zero attached hydrogens (tertiary/aromatic N) is 3. The van der Waals surface area contributed by atoms with Gasteiger partial charge in [-0.2, -0.15) is 0 Å². The number of para-hydroxylation sites is 1. The van der Waals surface area contributed by atoms with Crippen LogP contribution in [-0.4, -0.2) is 15.0 Å². The van der Waals surface area contributed by atoms with Crippen LogP contribution in [0.3, 0.4) is 0 Å². The van der Waals surface area contributed by atoms with Crippen molar-refractivity contribution in [3.63, 3.8) is 0 Å². The van der Waals surface area contributed by atoms with Crippen LogP contribution >= 0.6 is 11.3 Å². The molecule has 11 aromatic rings. The molecule has 242 valence electrons. The standard InChI is InChI=1S/C47H27N3OS/c1-2-13-29(14-3-1)45-48-46(50-47(49-45)38-23-11-25-40-42(38)36-16-6-7-24-39(36)51-40)35-21-9-17-31-32(18-8-19-33(31)35)34-20-10-22-37-43-30-15-5-4-12-28(30)26-27-41(43)52-44(34)37/h1-27H. The smallest absolute Gasteiger partial charge is 0.164 e. The van der Waals surface area contributed by atoms with Crippen LogP contribution in [0.2, 0.25) is 0 Å². The maximum atomic E-state index is 6.26. The second-order valence-corrected chi connectivity index (χ2v) is 14.2. The van der Waals surface area contributed by atoms with E-state index in [0.717, 1.165) is 49.4 Å². The number of rotatable bonds is 4.